The van der Waals surface area contributed by atoms with Gasteiger partial charge in [0.1, 0.15) is 0 Å². The molecule has 0 bridgehead atoms. The smallest absolute Gasteiger partial charge is 0.416 e. The van der Waals surface area contributed by atoms with Crippen molar-refractivity contribution in [2.24, 2.45) is 0 Å². The third-order valence-electron chi connectivity index (χ3n) is 1.94. The second-order valence-corrected chi connectivity index (χ2v) is 6.20. The third-order valence-corrected chi connectivity index (χ3v) is 2.17. The molecular weight excluding hydrogens is 364 g/mol. The van der Waals surface area contributed by atoms with Crippen LogP contribution in [0.25, 0.3) is 0 Å². The van der Waals surface area contributed by atoms with Crippen LogP contribution in [0.15, 0.2) is 18.2 Å². The van der Waals surface area contributed by atoms with E-state index in [0.717, 1.165) is 13.2 Å². The Balaban J connectivity index is 0.000000796. The molecule has 0 aromatic heterocycles. The van der Waals surface area contributed by atoms with Crippen molar-refractivity contribution < 1.29 is 26.9 Å². The van der Waals surface area contributed by atoms with E-state index in [2.05, 4.69) is 26.1 Å². The van der Waals surface area contributed by atoms with Gasteiger partial charge in [0.15, 0.2) is 0 Å². The first-order valence-corrected chi connectivity index (χ1v) is 7.92. The third kappa shape index (κ3) is 7.94. The van der Waals surface area contributed by atoms with Crippen LogP contribution < -0.4 is 0 Å². The van der Waals surface area contributed by atoms with Crippen molar-refractivity contribution in [3.63, 3.8) is 0 Å². The highest BCUT2D eigenvalue weighted by Gasteiger charge is 2.33. The van der Waals surface area contributed by atoms with E-state index >= 15 is 0 Å². The van der Waals surface area contributed by atoms with Gasteiger partial charge in [0, 0.05) is 26.4 Å². The molecule has 3 nitrogen and oxygen atoms in total. The lowest BCUT2D eigenvalue weighted by atomic mass is 10.0. The quantitative estimate of drug-likeness (QED) is 0.580. The molecule has 0 radical (unpaired) electrons. The molecule has 10 heteroatoms. The minimum atomic E-state index is -4.53. The molecule has 1 aromatic rings. The number of hydrogen-bond donors (Lipinski definition) is 0. The van der Waals surface area contributed by atoms with Crippen molar-refractivity contribution in [1.29, 1.82) is 0 Å². The van der Waals surface area contributed by atoms with Gasteiger partial charge in [-0.25, -0.2) is 4.21 Å². The normalized spacial score (nSPS) is 10.8. The molecule has 0 saturated heterocycles. The van der Waals surface area contributed by atoms with Gasteiger partial charge in [0.25, 0.3) is 0 Å². The van der Waals surface area contributed by atoms with Gasteiger partial charge in [0.2, 0.25) is 9.23 Å². The minimum absolute atomic E-state index is 0.0269. The molecule has 0 unspecified atom stereocenters. The summed E-state index contributed by atoms with van der Waals surface area (Å²) in [5, 5.41) is -0.0269. The van der Waals surface area contributed by atoms with Crippen LogP contribution in [0.5, 0.6) is 0 Å². The molecule has 0 aliphatic carbocycles. The monoisotopic (exact) mass is 370 g/mol. The lowest BCUT2D eigenvalue weighted by Crippen LogP contribution is -2.13. The highest BCUT2D eigenvalue weighted by molar-refractivity contribution is 8.26. The topological polar surface area (TPSA) is 43.4 Å². The molecule has 114 valence electrons. The van der Waals surface area contributed by atoms with Gasteiger partial charge in [0.05, 0.1) is 19.1 Å². The van der Waals surface area contributed by atoms with Crippen LogP contribution in [0.3, 0.4) is 0 Å². The van der Waals surface area contributed by atoms with Gasteiger partial charge in [-0.05, 0) is 17.7 Å². The van der Waals surface area contributed by atoms with E-state index in [4.69, 9.17) is 15.8 Å². The van der Waals surface area contributed by atoms with E-state index in [1.54, 1.807) is 0 Å². The maximum absolute atomic E-state index is 12.6. The van der Waals surface area contributed by atoms with Crippen molar-refractivity contribution in [3.8, 4) is 0 Å². The lowest BCUT2D eigenvalue weighted by Gasteiger charge is -2.12. The Hall–Kier alpha value is -0.500. The van der Waals surface area contributed by atoms with Gasteiger partial charge in [-0.2, -0.15) is 13.2 Å². The van der Waals surface area contributed by atoms with Gasteiger partial charge in [-0.1, -0.05) is 17.7 Å². The molecule has 0 saturated carbocycles. The molecule has 0 amide bonds. The molecule has 0 spiro atoms. The molecule has 0 heterocycles. The van der Waals surface area contributed by atoms with Crippen molar-refractivity contribution in [2.75, 3.05) is 7.11 Å². The number of hydrogen-bond acceptors (Lipinski definition) is 3. The van der Waals surface area contributed by atoms with E-state index in [9.17, 15) is 18.0 Å². The standard InChI is InChI=1S/C10H8ClF3O2.Cl2OS/c1-16-9(15)4-6-2-3-7(11)5-8(6)10(12,13)14;1-4(2)3/h2-3,5H,4H2,1H3;. The number of alkyl halides is 3. The van der Waals surface area contributed by atoms with Crippen LogP contribution in [-0.2, 0) is 31.4 Å². The number of halogens is 6. The number of esters is 1. The molecule has 0 fully saturated rings. The Morgan fingerprint density at radius 3 is 2.25 bits per heavy atom. The minimum Gasteiger partial charge on any atom is -0.469 e. The van der Waals surface area contributed by atoms with E-state index in [-0.39, 0.29) is 10.6 Å². The van der Waals surface area contributed by atoms with E-state index < -0.39 is 33.4 Å². The maximum Gasteiger partial charge on any atom is 0.416 e. The zero-order chi connectivity index (χ0) is 15.9. The summed E-state index contributed by atoms with van der Waals surface area (Å²) in [6, 6.07) is 3.26. The molecular formula is C10H8Cl3F3O3S. The Labute approximate surface area is 129 Å². The summed E-state index contributed by atoms with van der Waals surface area (Å²) in [6.07, 6.45) is -4.96. The highest BCUT2D eigenvalue weighted by atomic mass is 36.0. The van der Waals surface area contributed by atoms with Crippen molar-refractivity contribution in [1.82, 2.24) is 0 Å². The van der Waals surface area contributed by atoms with Crippen molar-refractivity contribution in [3.05, 3.63) is 34.3 Å². The zero-order valence-electron chi connectivity index (χ0n) is 9.84. The van der Waals surface area contributed by atoms with Crippen molar-refractivity contribution in [2.45, 2.75) is 12.6 Å². The SMILES string of the molecule is COC(=O)Cc1ccc(Cl)cc1C(F)(F)F.O=S(Cl)Cl. The predicted molar refractivity (Wildman–Crippen MR) is 72.0 cm³/mol. The Morgan fingerprint density at radius 1 is 1.35 bits per heavy atom. The van der Waals surface area contributed by atoms with Crippen molar-refractivity contribution >= 4 is 48.2 Å². The number of ether oxygens (including phenoxy) is 1. The molecule has 0 N–H and O–H groups in total. The fourth-order valence-electron chi connectivity index (χ4n) is 1.19. The first kappa shape index (κ1) is 19.5. The first-order valence-electron chi connectivity index (χ1n) is 4.74. The number of carbonyl (C=O) groups is 1. The maximum atomic E-state index is 12.6. The van der Waals surface area contributed by atoms with Crippen LogP contribution in [0.2, 0.25) is 5.02 Å². The molecule has 1 aromatic carbocycles. The van der Waals surface area contributed by atoms with Gasteiger partial charge in [-0.15, -0.1) is 0 Å². The summed E-state index contributed by atoms with van der Waals surface area (Å²) >= 11 is 5.48. The van der Waals surface area contributed by atoms with Gasteiger partial charge >= 0.3 is 12.1 Å². The molecule has 0 aliphatic rings. The summed E-state index contributed by atoms with van der Waals surface area (Å²) in [6.45, 7) is 0. The Kier molecular flexibility index (Phi) is 8.50. The average molecular weight is 372 g/mol. The summed E-state index contributed by atoms with van der Waals surface area (Å²) < 4.78 is 51.1. The van der Waals surface area contributed by atoms with E-state index in [1.165, 1.54) is 12.1 Å². The number of carbonyl (C=O) groups excluding carboxylic acids is 1. The van der Waals surface area contributed by atoms with Gasteiger partial charge in [-0.3, -0.25) is 4.79 Å². The predicted octanol–water partition coefficient (Wildman–Crippen LogP) is 4.12. The highest BCUT2D eigenvalue weighted by Crippen LogP contribution is 2.34. The van der Waals surface area contributed by atoms with Crippen LogP contribution in [-0.4, -0.2) is 17.3 Å². The van der Waals surface area contributed by atoms with Gasteiger partial charge < -0.3 is 4.74 Å². The molecule has 0 aliphatic heterocycles. The second-order valence-electron chi connectivity index (χ2n) is 3.24. The fraction of sp³-hybridized carbons (Fsp3) is 0.300. The van der Waals surface area contributed by atoms with Crippen LogP contribution in [0.4, 0.5) is 13.2 Å². The second kappa shape index (κ2) is 8.71. The molecule has 20 heavy (non-hydrogen) atoms. The Morgan fingerprint density at radius 2 is 1.85 bits per heavy atom. The molecule has 1 rings (SSSR count). The Bertz CT molecular complexity index is 490. The number of benzene rings is 1. The number of methoxy groups -OCH3 is 1. The summed E-state index contributed by atoms with van der Waals surface area (Å²) in [5.41, 5.74) is -1.06. The fourth-order valence-corrected chi connectivity index (χ4v) is 1.37. The lowest BCUT2D eigenvalue weighted by molar-refractivity contribution is -0.141. The average Bonchev–Trinajstić information content (AvgIpc) is 2.29. The van der Waals surface area contributed by atoms with Crippen LogP contribution >= 0.6 is 33.0 Å². The van der Waals surface area contributed by atoms with E-state index in [0.29, 0.717) is 0 Å². The summed E-state index contributed by atoms with van der Waals surface area (Å²) in [5.74, 6) is -0.729. The zero-order valence-corrected chi connectivity index (χ0v) is 12.9. The molecule has 0 atom stereocenters. The number of rotatable bonds is 2. The largest absolute Gasteiger partial charge is 0.469 e. The van der Waals surface area contributed by atoms with E-state index in [1.807, 2.05) is 0 Å². The first-order chi connectivity index (χ1) is 9.07. The summed E-state index contributed by atoms with van der Waals surface area (Å²) in [4.78, 5) is 10.9. The van der Waals surface area contributed by atoms with Crippen LogP contribution in [0, 0.1) is 0 Å². The summed E-state index contributed by atoms with van der Waals surface area (Å²) in [7, 11) is 8.47. The van der Waals surface area contributed by atoms with Crippen LogP contribution in [0.1, 0.15) is 11.1 Å².